The number of rotatable bonds is 2. The largest absolute Gasteiger partial charge is 0.401 e. The predicted octanol–water partition coefficient (Wildman–Crippen LogP) is 2.82. The lowest BCUT2D eigenvalue weighted by molar-refractivity contribution is -0.148. The van der Waals surface area contributed by atoms with Crippen molar-refractivity contribution in [1.29, 1.82) is 0 Å². The van der Waals surface area contributed by atoms with Gasteiger partial charge in [-0.15, -0.1) is 24.8 Å². The summed E-state index contributed by atoms with van der Waals surface area (Å²) in [6.45, 7) is 1.17. The molecule has 24 heavy (non-hydrogen) atoms. The molecule has 2 aliphatic heterocycles. The Labute approximate surface area is 151 Å². The molecule has 1 amide bonds. The highest BCUT2D eigenvalue weighted by atomic mass is 35.5. The molecule has 0 bridgehead atoms. The molecule has 1 N–H and O–H groups in total. The van der Waals surface area contributed by atoms with E-state index in [0.717, 1.165) is 24.2 Å². The van der Waals surface area contributed by atoms with Gasteiger partial charge >= 0.3 is 6.18 Å². The molecular weight excluding hydrogens is 366 g/mol. The lowest BCUT2D eigenvalue weighted by Crippen LogP contribution is -2.50. The number of hydrogen-bond donors (Lipinski definition) is 1. The van der Waals surface area contributed by atoms with Crippen LogP contribution in [0, 0.1) is 0 Å². The lowest BCUT2D eigenvalue weighted by atomic mass is 10.1. The average Bonchev–Trinajstić information content (AvgIpc) is 2.93. The van der Waals surface area contributed by atoms with Crippen LogP contribution in [-0.2, 0) is 6.42 Å². The van der Waals surface area contributed by atoms with Crippen LogP contribution < -0.4 is 5.32 Å². The van der Waals surface area contributed by atoms with Gasteiger partial charge in [-0.2, -0.15) is 13.2 Å². The van der Waals surface area contributed by atoms with Crippen molar-refractivity contribution in [3.63, 3.8) is 0 Å². The number of fused-ring (bicyclic) bond motifs is 1. The van der Waals surface area contributed by atoms with E-state index in [-0.39, 0.29) is 43.8 Å². The number of halogens is 5. The van der Waals surface area contributed by atoms with Crippen molar-refractivity contribution in [3.05, 3.63) is 29.3 Å². The smallest absolute Gasteiger partial charge is 0.384 e. The summed E-state index contributed by atoms with van der Waals surface area (Å²) in [5.74, 6) is -0.0960. The third kappa shape index (κ3) is 4.91. The van der Waals surface area contributed by atoms with E-state index in [4.69, 9.17) is 0 Å². The number of hydrogen-bond acceptors (Lipinski definition) is 3. The minimum absolute atomic E-state index is 0. The van der Waals surface area contributed by atoms with Crippen LogP contribution in [-0.4, -0.2) is 61.2 Å². The number of benzene rings is 1. The van der Waals surface area contributed by atoms with Gasteiger partial charge in [0, 0.05) is 44.0 Å². The molecule has 2 aliphatic rings. The average molecular weight is 386 g/mol. The first kappa shape index (κ1) is 20.9. The first-order chi connectivity index (χ1) is 10.4. The molecule has 2 heterocycles. The maximum atomic E-state index is 12.5. The minimum atomic E-state index is -4.18. The summed E-state index contributed by atoms with van der Waals surface area (Å²) in [5.41, 5.74) is 2.81. The zero-order valence-corrected chi connectivity index (χ0v) is 14.6. The van der Waals surface area contributed by atoms with E-state index in [0.29, 0.717) is 18.7 Å². The number of anilines is 1. The van der Waals surface area contributed by atoms with Gasteiger partial charge < -0.3 is 10.2 Å². The molecule has 0 saturated carbocycles. The number of nitrogens with zero attached hydrogens (tertiary/aromatic N) is 2. The molecule has 0 aliphatic carbocycles. The number of carbonyl (C=O) groups excluding carboxylic acids is 1. The van der Waals surface area contributed by atoms with E-state index < -0.39 is 12.7 Å². The van der Waals surface area contributed by atoms with E-state index >= 15 is 0 Å². The normalized spacial score (nSPS) is 17.4. The Morgan fingerprint density at radius 1 is 1.12 bits per heavy atom. The Morgan fingerprint density at radius 2 is 1.79 bits per heavy atom. The lowest BCUT2D eigenvalue weighted by Gasteiger charge is -2.35. The SMILES string of the molecule is Cl.Cl.O=C(c1ccc2c(c1)CCN2)N1CCN(CC(F)(F)F)CC1. The predicted molar refractivity (Wildman–Crippen MR) is 91.5 cm³/mol. The molecule has 0 aromatic heterocycles. The molecule has 0 radical (unpaired) electrons. The van der Waals surface area contributed by atoms with E-state index in [1.165, 1.54) is 4.90 Å². The van der Waals surface area contributed by atoms with Gasteiger partial charge in [0.15, 0.2) is 0 Å². The molecule has 0 spiro atoms. The highest BCUT2D eigenvalue weighted by Crippen LogP contribution is 2.24. The fourth-order valence-electron chi connectivity index (χ4n) is 2.98. The van der Waals surface area contributed by atoms with Gasteiger partial charge in [0.1, 0.15) is 0 Å². The zero-order valence-electron chi connectivity index (χ0n) is 12.9. The highest BCUT2D eigenvalue weighted by Gasteiger charge is 2.33. The van der Waals surface area contributed by atoms with E-state index in [1.54, 1.807) is 11.0 Å². The fraction of sp³-hybridized carbons (Fsp3) is 0.533. The quantitative estimate of drug-likeness (QED) is 0.849. The molecule has 1 aromatic rings. The van der Waals surface area contributed by atoms with Crippen LogP contribution in [0.4, 0.5) is 18.9 Å². The summed E-state index contributed by atoms with van der Waals surface area (Å²) in [5, 5.41) is 3.24. The maximum absolute atomic E-state index is 12.5. The van der Waals surface area contributed by atoms with E-state index in [9.17, 15) is 18.0 Å². The zero-order chi connectivity index (χ0) is 15.7. The second-order valence-electron chi connectivity index (χ2n) is 5.73. The molecule has 9 heteroatoms. The second kappa shape index (κ2) is 8.27. The number of alkyl halides is 3. The Morgan fingerprint density at radius 3 is 2.42 bits per heavy atom. The van der Waals surface area contributed by atoms with Crippen LogP contribution >= 0.6 is 24.8 Å². The van der Waals surface area contributed by atoms with Crippen molar-refractivity contribution in [1.82, 2.24) is 9.80 Å². The summed E-state index contributed by atoms with van der Waals surface area (Å²) in [7, 11) is 0. The van der Waals surface area contributed by atoms with Crippen LogP contribution in [0.1, 0.15) is 15.9 Å². The van der Waals surface area contributed by atoms with Crippen molar-refractivity contribution in [2.75, 3.05) is 44.6 Å². The van der Waals surface area contributed by atoms with Crippen LogP contribution in [0.25, 0.3) is 0 Å². The van der Waals surface area contributed by atoms with E-state index in [1.807, 2.05) is 12.1 Å². The van der Waals surface area contributed by atoms with Crippen molar-refractivity contribution in [2.24, 2.45) is 0 Å². The number of carbonyl (C=O) groups is 1. The first-order valence-electron chi connectivity index (χ1n) is 7.37. The maximum Gasteiger partial charge on any atom is 0.401 e. The van der Waals surface area contributed by atoms with Crippen LogP contribution in [0.15, 0.2) is 18.2 Å². The Hall–Kier alpha value is -1.18. The number of nitrogens with one attached hydrogen (secondary N) is 1. The molecule has 0 atom stereocenters. The summed E-state index contributed by atoms with van der Waals surface area (Å²) in [6, 6.07) is 5.57. The third-order valence-corrected chi connectivity index (χ3v) is 4.12. The summed E-state index contributed by atoms with van der Waals surface area (Å²) < 4.78 is 37.1. The van der Waals surface area contributed by atoms with Gasteiger partial charge in [0.05, 0.1) is 6.54 Å². The molecule has 1 saturated heterocycles. The first-order valence-corrected chi connectivity index (χ1v) is 7.37. The Balaban J connectivity index is 0.00000144. The topological polar surface area (TPSA) is 35.6 Å². The Bertz CT molecular complexity index is 576. The standard InChI is InChI=1S/C15H18F3N3O.2ClH/c16-15(17,18)10-20-5-7-21(8-6-20)14(22)12-1-2-13-11(9-12)3-4-19-13;;/h1-2,9,19H,3-8,10H2;2*1H. The molecule has 1 aromatic carbocycles. The van der Waals surface area contributed by atoms with Gasteiger partial charge in [0.25, 0.3) is 5.91 Å². The van der Waals surface area contributed by atoms with Gasteiger partial charge in [-0.05, 0) is 30.2 Å². The molecule has 0 unspecified atom stereocenters. The number of piperazine rings is 1. The van der Waals surface area contributed by atoms with Crippen molar-refractivity contribution < 1.29 is 18.0 Å². The number of amides is 1. The third-order valence-electron chi connectivity index (χ3n) is 4.12. The molecule has 4 nitrogen and oxygen atoms in total. The molecular formula is C15H20Cl2F3N3O. The Kier molecular flexibility index (Phi) is 7.19. The highest BCUT2D eigenvalue weighted by molar-refractivity contribution is 5.95. The van der Waals surface area contributed by atoms with Crippen LogP contribution in [0.2, 0.25) is 0 Å². The van der Waals surface area contributed by atoms with Gasteiger partial charge in [-0.3, -0.25) is 9.69 Å². The van der Waals surface area contributed by atoms with Crippen molar-refractivity contribution >= 4 is 36.4 Å². The fourth-order valence-corrected chi connectivity index (χ4v) is 2.98. The summed E-state index contributed by atoms with van der Waals surface area (Å²) in [6.07, 6.45) is -3.28. The second-order valence-corrected chi connectivity index (χ2v) is 5.73. The van der Waals surface area contributed by atoms with Gasteiger partial charge in [-0.1, -0.05) is 0 Å². The van der Waals surface area contributed by atoms with Crippen LogP contribution in [0.3, 0.4) is 0 Å². The van der Waals surface area contributed by atoms with Crippen molar-refractivity contribution in [2.45, 2.75) is 12.6 Å². The van der Waals surface area contributed by atoms with Gasteiger partial charge in [-0.25, -0.2) is 0 Å². The summed E-state index contributed by atoms with van der Waals surface area (Å²) in [4.78, 5) is 15.4. The molecule has 136 valence electrons. The minimum Gasteiger partial charge on any atom is -0.384 e. The van der Waals surface area contributed by atoms with Gasteiger partial charge in [0.2, 0.25) is 0 Å². The monoisotopic (exact) mass is 385 g/mol. The van der Waals surface area contributed by atoms with E-state index in [2.05, 4.69) is 5.32 Å². The molecule has 1 fully saturated rings. The summed E-state index contributed by atoms with van der Waals surface area (Å²) >= 11 is 0. The van der Waals surface area contributed by atoms with Crippen molar-refractivity contribution in [3.8, 4) is 0 Å². The van der Waals surface area contributed by atoms with Crippen LogP contribution in [0.5, 0.6) is 0 Å². The molecule has 3 rings (SSSR count).